The van der Waals surface area contributed by atoms with Crippen molar-refractivity contribution in [3.63, 3.8) is 0 Å². The van der Waals surface area contributed by atoms with Crippen LogP contribution in [0.1, 0.15) is 31.8 Å². The van der Waals surface area contributed by atoms with E-state index in [1.807, 2.05) is 0 Å². The first-order valence-electron chi connectivity index (χ1n) is 11.9. The predicted molar refractivity (Wildman–Crippen MR) is 152 cm³/mol. The Bertz CT molecular complexity index is 1540. The van der Waals surface area contributed by atoms with Gasteiger partial charge in [-0.15, -0.1) is 0 Å². The highest BCUT2D eigenvalue weighted by Crippen LogP contribution is 2.24. The summed E-state index contributed by atoms with van der Waals surface area (Å²) < 4.78 is 0. The first-order valence-corrected chi connectivity index (χ1v) is 12.7. The number of rotatable bonds is 9. The van der Waals surface area contributed by atoms with Crippen LogP contribution < -0.4 is 16.0 Å². The number of halogens is 2. The van der Waals surface area contributed by atoms with Gasteiger partial charge in [0.05, 0.1) is 15.6 Å². The molecule has 0 aliphatic rings. The van der Waals surface area contributed by atoms with E-state index in [1.165, 1.54) is 18.5 Å². The van der Waals surface area contributed by atoms with Crippen LogP contribution in [0.25, 0.3) is 0 Å². The largest absolute Gasteiger partial charge is 0.480 e. The van der Waals surface area contributed by atoms with Crippen molar-refractivity contribution in [1.29, 1.82) is 0 Å². The minimum Gasteiger partial charge on any atom is -0.480 e. The van der Waals surface area contributed by atoms with Gasteiger partial charge in [-0.3, -0.25) is 14.6 Å². The molecular formula is C29H22Cl2N4O5. The van der Waals surface area contributed by atoms with Crippen molar-refractivity contribution in [2.45, 2.75) is 12.5 Å². The Morgan fingerprint density at radius 2 is 1.43 bits per heavy atom. The van der Waals surface area contributed by atoms with Gasteiger partial charge in [0.2, 0.25) is 0 Å². The van der Waals surface area contributed by atoms with Crippen LogP contribution >= 0.6 is 23.2 Å². The fourth-order valence-electron chi connectivity index (χ4n) is 3.80. The quantitative estimate of drug-likeness (QED) is 0.189. The number of anilines is 2. The van der Waals surface area contributed by atoms with Gasteiger partial charge < -0.3 is 21.1 Å². The van der Waals surface area contributed by atoms with Gasteiger partial charge in [0.1, 0.15) is 6.04 Å². The van der Waals surface area contributed by atoms with Gasteiger partial charge in [0.25, 0.3) is 5.91 Å². The van der Waals surface area contributed by atoms with Crippen LogP contribution in [-0.4, -0.2) is 39.8 Å². The van der Waals surface area contributed by atoms with Crippen LogP contribution in [-0.2, 0) is 11.2 Å². The van der Waals surface area contributed by atoms with Crippen LogP contribution in [0.3, 0.4) is 0 Å². The number of aromatic nitrogens is 1. The summed E-state index contributed by atoms with van der Waals surface area (Å²) in [6, 6.07) is 19.5. The third-order valence-corrected chi connectivity index (χ3v) is 6.33. The fraction of sp³-hybridized carbons (Fsp3) is 0.0690. The van der Waals surface area contributed by atoms with Crippen molar-refractivity contribution in [3.8, 4) is 0 Å². The molecule has 1 heterocycles. The highest BCUT2D eigenvalue weighted by atomic mass is 35.5. The van der Waals surface area contributed by atoms with Gasteiger partial charge in [0.15, 0.2) is 5.78 Å². The van der Waals surface area contributed by atoms with Crippen LogP contribution in [0.5, 0.6) is 0 Å². The Kier molecular flexibility index (Phi) is 9.11. The van der Waals surface area contributed by atoms with Crippen molar-refractivity contribution in [2.75, 3.05) is 10.6 Å². The molecule has 4 aromatic rings. The van der Waals surface area contributed by atoms with Gasteiger partial charge in [-0.2, -0.15) is 0 Å². The number of hydrogen-bond acceptors (Lipinski definition) is 5. The zero-order valence-corrected chi connectivity index (χ0v) is 22.2. The highest BCUT2D eigenvalue weighted by molar-refractivity contribution is 6.40. The second kappa shape index (κ2) is 12.9. The number of nitrogens with one attached hydrogen (secondary N) is 3. The first kappa shape index (κ1) is 28.3. The third-order valence-electron chi connectivity index (χ3n) is 5.75. The van der Waals surface area contributed by atoms with Gasteiger partial charge in [-0.25, -0.2) is 9.59 Å². The van der Waals surface area contributed by atoms with Crippen LogP contribution in [0.2, 0.25) is 10.0 Å². The van der Waals surface area contributed by atoms with E-state index in [-0.39, 0.29) is 27.8 Å². The molecule has 0 spiro atoms. The molecule has 0 saturated carbocycles. The average molecular weight is 577 g/mol. The molecule has 0 bridgehead atoms. The maximum absolute atomic E-state index is 12.7. The number of nitrogens with zero attached hydrogens (tertiary/aromatic N) is 1. The molecule has 11 heteroatoms. The van der Waals surface area contributed by atoms with Crippen molar-refractivity contribution in [3.05, 3.63) is 124 Å². The molecule has 0 aliphatic heterocycles. The zero-order chi connectivity index (χ0) is 28.6. The van der Waals surface area contributed by atoms with E-state index in [1.54, 1.807) is 72.8 Å². The molecule has 0 saturated heterocycles. The molecule has 3 aromatic carbocycles. The maximum atomic E-state index is 12.7. The molecule has 1 unspecified atom stereocenters. The molecule has 3 amide bonds. The van der Waals surface area contributed by atoms with Crippen molar-refractivity contribution >= 4 is 58.3 Å². The number of ketones is 1. The summed E-state index contributed by atoms with van der Waals surface area (Å²) >= 11 is 12.0. The molecule has 0 radical (unpaired) electrons. The summed E-state index contributed by atoms with van der Waals surface area (Å²) in [6.07, 6.45) is 2.59. The van der Waals surface area contributed by atoms with Crippen LogP contribution in [0.4, 0.5) is 16.2 Å². The van der Waals surface area contributed by atoms with Crippen molar-refractivity contribution in [1.82, 2.24) is 10.3 Å². The minimum absolute atomic E-state index is 0.0223. The van der Waals surface area contributed by atoms with E-state index in [0.717, 1.165) is 0 Å². The van der Waals surface area contributed by atoms with E-state index >= 15 is 0 Å². The van der Waals surface area contributed by atoms with Crippen molar-refractivity contribution in [2.24, 2.45) is 0 Å². The second-order valence-electron chi connectivity index (χ2n) is 8.60. The normalized spacial score (nSPS) is 11.2. The van der Waals surface area contributed by atoms with Crippen LogP contribution in [0, 0.1) is 0 Å². The summed E-state index contributed by atoms with van der Waals surface area (Å²) in [6.45, 7) is 0. The second-order valence-corrected chi connectivity index (χ2v) is 9.41. The zero-order valence-electron chi connectivity index (χ0n) is 20.7. The standard InChI is InChI=1S/C29H22Cl2N4O5/c30-22-15-32-16-23(31)25(22)27(37)33-20-11-9-17(10-12-20)13-24(28(38)39)35-29(40)34-21-8-4-7-19(14-21)26(36)18-5-2-1-3-6-18/h1-12,14-16,24H,13H2,(H,33,37)(H,38,39)(H2,34,35,40). The van der Waals surface area contributed by atoms with E-state index in [2.05, 4.69) is 20.9 Å². The number of benzene rings is 3. The Balaban J connectivity index is 1.37. The summed E-state index contributed by atoms with van der Waals surface area (Å²) in [5.74, 6) is -1.97. The van der Waals surface area contributed by atoms with Crippen molar-refractivity contribution < 1.29 is 24.3 Å². The van der Waals surface area contributed by atoms with Gasteiger partial charge >= 0.3 is 12.0 Å². The molecule has 202 valence electrons. The minimum atomic E-state index is -1.25. The molecular weight excluding hydrogens is 555 g/mol. The van der Waals surface area contributed by atoms with Crippen LogP contribution in [0.15, 0.2) is 91.3 Å². The van der Waals surface area contributed by atoms with Gasteiger partial charge in [-0.1, -0.05) is 77.8 Å². The lowest BCUT2D eigenvalue weighted by atomic mass is 10.0. The number of carbonyl (C=O) groups is 4. The number of carboxylic acids is 1. The average Bonchev–Trinajstić information content (AvgIpc) is 2.93. The molecule has 4 N–H and O–H groups in total. The summed E-state index contributed by atoms with van der Waals surface area (Å²) in [5, 5.41) is 17.6. The van der Waals surface area contributed by atoms with Gasteiger partial charge in [0, 0.05) is 41.3 Å². The number of aliphatic carboxylic acids is 1. The Morgan fingerprint density at radius 1 is 0.775 bits per heavy atom. The molecule has 4 rings (SSSR count). The number of amides is 3. The highest BCUT2D eigenvalue weighted by Gasteiger charge is 2.21. The summed E-state index contributed by atoms with van der Waals surface area (Å²) in [7, 11) is 0. The summed E-state index contributed by atoms with van der Waals surface area (Å²) in [4.78, 5) is 53.5. The smallest absolute Gasteiger partial charge is 0.326 e. The number of carbonyl (C=O) groups excluding carboxylic acids is 3. The Labute approximate surface area is 239 Å². The topological polar surface area (TPSA) is 137 Å². The molecule has 0 aliphatic carbocycles. The van der Waals surface area contributed by atoms with E-state index in [0.29, 0.717) is 28.1 Å². The SMILES string of the molecule is O=C(Nc1cccc(C(=O)c2ccccc2)c1)NC(Cc1ccc(NC(=O)c2c(Cl)cncc2Cl)cc1)C(=O)O. The summed E-state index contributed by atoms with van der Waals surface area (Å²) in [5.41, 5.74) is 2.32. The molecule has 40 heavy (non-hydrogen) atoms. The fourth-order valence-corrected chi connectivity index (χ4v) is 4.34. The molecule has 1 atom stereocenters. The lowest BCUT2D eigenvalue weighted by Crippen LogP contribution is -2.44. The number of pyridine rings is 1. The lowest BCUT2D eigenvalue weighted by molar-refractivity contribution is -0.139. The maximum Gasteiger partial charge on any atom is 0.326 e. The first-order chi connectivity index (χ1) is 19.2. The third kappa shape index (κ3) is 7.22. The Hall–Kier alpha value is -4.73. The van der Waals surface area contributed by atoms with E-state index in [9.17, 15) is 24.3 Å². The Morgan fingerprint density at radius 3 is 2.08 bits per heavy atom. The predicted octanol–water partition coefficient (Wildman–Crippen LogP) is 5.69. The number of carboxylic acid groups (broad SMARTS) is 1. The monoisotopic (exact) mass is 576 g/mol. The van der Waals surface area contributed by atoms with E-state index in [4.69, 9.17) is 23.2 Å². The molecule has 0 fully saturated rings. The number of urea groups is 1. The van der Waals surface area contributed by atoms with Gasteiger partial charge in [-0.05, 0) is 29.8 Å². The number of hydrogen-bond donors (Lipinski definition) is 4. The molecule has 1 aromatic heterocycles. The molecule has 9 nitrogen and oxygen atoms in total. The van der Waals surface area contributed by atoms with E-state index < -0.39 is 23.9 Å². The lowest BCUT2D eigenvalue weighted by Gasteiger charge is -2.16.